The highest BCUT2D eigenvalue weighted by Crippen LogP contribution is 2.24. The van der Waals surface area contributed by atoms with E-state index in [4.69, 9.17) is 0 Å². The first kappa shape index (κ1) is 24.1. The topological polar surface area (TPSA) is 111 Å². The Hall–Kier alpha value is -2.52. The molecule has 0 unspecified atom stereocenters. The number of nitrogens with zero attached hydrogens (tertiary/aromatic N) is 2. The van der Waals surface area contributed by atoms with Crippen LogP contribution >= 0.6 is 0 Å². The van der Waals surface area contributed by atoms with Crippen molar-refractivity contribution in [3.05, 3.63) is 47.5 Å². The Labute approximate surface area is 190 Å². The van der Waals surface area contributed by atoms with Crippen molar-refractivity contribution >= 4 is 0 Å². The molecule has 1 aliphatic rings. The van der Waals surface area contributed by atoms with Gasteiger partial charge < -0.3 is 31.1 Å². The smallest absolute Gasteiger partial charge is 0.120 e. The number of benzene rings is 2. The van der Waals surface area contributed by atoms with E-state index >= 15 is 0 Å². The molecule has 0 amide bonds. The van der Waals surface area contributed by atoms with E-state index in [-0.39, 0.29) is 23.0 Å². The molecular formula is C24H36N4O4. The third kappa shape index (κ3) is 7.87. The van der Waals surface area contributed by atoms with Crippen LogP contribution in [0.4, 0.5) is 0 Å². The summed E-state index contributed by atoms with van der Waals surface area (Å²) in [4.78, 5) is 4.60. The van der Waals surface area contributed by atoms with E-state index in [9.17, 15) is 20.4 Å². The zero-order chi connectivity index (χ0) is 22.8. The van der Waals surface area contributed by atoms with Gasteiger partial charge in [0.25, 0.3) is 0 Å². The summed E-state index contributed by atoms with van der Waals surface area (Å²) in [5, 5.41) is 46.7. The van der Waals surface area contributed by atoms with E-state index < -0.39 is 0 Å². The van der Waals surface area contributed by atoms with Gasteiger partial charge in [-0.15, -0.1) is 0 Å². The molecule has 0 atom stereocenters. The number of hydrogen-bond acceptors (Lipinski definition) is 8. The predicted molar refractivity (Wildman–Crippen MR) is 125 cm³/mol. The number of nitrogens with one attached hydrogen (secondary N) is 2. The summed E-state index contributed by atoms with van der Waals surface area (Å²) < 4.78 is 0. The molecular weight excluding hydrogens is 408 g/mol. The van der Waals surface area contributed by atoms with Gasteiger partial charge in [0, 0.05) is 50.4 Å². The minimum atomic E-state index is 0.170. The lowest BCUT2D eigenvalue weighted by Gasteiger charge is -2.26. The quantitative estimate of drug-likeness (QED) is 0.396. The molecule has 32 heavy (non-hydrogen) atoms. The highest BCUT2D eigenvalue weighted by Gasteiger charge is 2.12. The summed E-state index contributed by atoms with van der Waals surface area (Å²) in [6, 6.07) is 9.33. The van der Waals surface area contributed by atoms with Gasteiger partial charge in [0.15, 0.2) is 0 Å². The van der Waals surface area contributed by atoms with E-state index in [1.807, 2.05) is 0 Å². The van der Waals surface area contributed by atoms with Crippen LogP contribution in [-0.2, 0) is 13.1 Å². The average Bonchev–Trinajstić information content (AvgIpc) is 2.77. The fraction of sp³-hybridized carbons (Fsp3) is 0.500. The Morgan fingerprint density at radius 3 is 1.47 bits per heavy atom. The van der Waals surface area contributed by atoms with E-state index in [1.165, 1.54) is 24.3 Å². The second kappa shape index (κ2) is 12.5. The molecule has 1 heterocycles. The third-order valence-electron chi connectivity index (χ3n) is 5.78. The maximum absolute atomic E-state index is 10.1. The van der Waals surface area contributed by atoms with Crippen LogP contribution in [0.1, 0.15) is 24.0 Å². The van der Waals surface area contributed by atoms with Crippen molar-refractivity contribution in [2.45, 2.75) is 25.9 Å². The molecule has 1 saturated heterocycles. The number of phenolic OH excluding ortho intramolecular Hbond substituents is 4. The third-order valence-corrected chi connectivity index (χ3v) is 5.78. The number of hydrogen-bond donors (Lipinski definition) is 6. The number of phenols is 4. The Morgan fingerprint density at radius 2 is 1.03 bits per heavy atom. The Balaban J connectivity index is 1.52. The van der Waals surface area contributed by atoms with Gasteiger partial charge in [0.05, 0.1) is 0 Å². The summed E-state index contributed by atoms with van der Waals surface area (Å²) in [6.07, 6.45) is 1.96. The lowest BCUT2D eigenvalue weighted by atomic mass is 10.1. The maximum atomic E-state index is 10.1. The van der Waals surface area contributed by atoms with Gasteiger partial charge in [-0.3, -0.25) is 9.80 Å². The molecule has 1 aliphatic heterocycles. The van der Waals surface area contributed by atoms with Crippen molar-refractivity contribution < 1.29 is 20.4 Å². The van der Waals surface area contributed by atoms with E-state index in [2.05, 4.69) is 20.4 Å². The van der Waals surface area contributed by atoms with Crippen molar-refractivity contribution in [3.8, 4) is 23.0 Å². The average molecular weight is 445 g/mol. The van der Waals surface area contributed by atoms with Crippen LogP contribution in [0, 0.1) is 0 Å². The molecule has 0 radical (unpaired) electrons. The molecule has 0 saturated carbocycles. The summed E-state index contributed by atoms with van der Waals surface area (Å²) in [7, 11) is 0. The molecule has 0 bridgehead atoms. The minimum absolute atomic E-state index is 0.170. The van der Waals surface area contributed by atoms with Crippen molar-refractivity contribution in [1.29, 1.82) is 0 Å². The fourth-order valence-electron chi connectivity index (χ4n) is 4.00. The first-order valence-electron chi connectivity index (χ1n) is 11.4. The SMILES string of the molecule is Oc1ccc(O)c(CN2CCCNCCN(Cc3cc(O)ccc3O)CCCNCC2)c1. The normalized spacial score (nSPS) is 18.2. The zero-order valence-corrected chi connectivity index (χ0v) is 18.6. The van der Waals surface area contributed by atoms with Crippen LogP contribution in [0.3, 0.4) is 0 Å². The molecule has 2 aromatic carbocycles. The Morgan fingerprint density at radius 1 is 0.594 bits per heavy atom. The molecule has 1 fully saturated rings. The second-order valence-corrected chi connectivity index (χ2v) is 8.39. The summed E-state index contributed by atoms with van der Waals surface area (Å²) in [5.74, 6) is 0.767. The number of aromatic hydroxyl groups is 4. The zero-order valence-electron chi connectivity index (χ0n) is 18.6. The van der Waals surface area contributed by atoms with Crippen LogP contribution in [0.15, 0.2) is 36.4 Å². The van der Waals surface area contributed by atoms with Crippen LogP contribution in [-0.4, -0.2) is 82.6 Å². The molecule has 3 rings (SSSR count). The summed E-state index contributed by atoms with van der Waals surface area (Å²) >= 11 is 0. The van der Waals surface area contributed by atoms with E-state index in [1.54, 1.807) is 12.1 Å². The lowest BCUT2D eigenvalue weighted by molar-refractivity contribution is 0.238. The molecule has 6 N–H and O–H groups in total. The maximum Gasteiger partial charge on any atom is 0.120 e. The van der Waals surface area contributed by atoms with Gasteiger partial charge in [-0.05, 0) is 75.4 Å². The largest absolute Gasteiger partial charge is 0.508 e. The Bertz CT molecular complexity index is 763. The highest BCUT2D eigenvalue weighted by molar-refractivity contribution is 5.39. The first-order valence-corrected chi connectivity index (χ1v) is 11.4. The standard InChI is InChI=1S/C24H36N4O4/c29-21-3-5-23(31)19(15-21)17-27-11-1-7-25-9-14-28(12-2-8-26-10-13-27)18-20-16-22(30)4-6-24(20)32/h3-6,15-16,25-26,29-32H,1-2,7-14,17-18H2. The van der Waals surface area contributed by atoms with Gasteiger partial charge in [0.2, 0.25) is 0 Å². The molecule has 8 heteroatoms. The van der Waals surface area contributed by atoms with Crippen molar-refractivity contribution in [1.82, 2.24) is 20.4 Å². The minimum Gasteiger partial charge on any atom is -0.508 e. The van der Waals surface area contributed by atoms with Crippen LogP contribution in [0.5, 0.6) is 23.0 Å². The molecule has 2 aromatic rings. The van der Waals surface area contributed by atoms with Crippen molar-refractivity contribution in [2.75, 3.05) is 52.4 Å². The van der Waals surface area contributed by atoms with Crippen LogP contribution < -0.4 is 10.6 Å². The van der Waals surface area contributed by atoms with E-state index in [0.29, 0.717) is 13.1 Å². The van der Waals surface area contributed by atoms with Gasteiger partial charge >= 0.3 is 0 Å². The lowest BCUT2D eigenvalue weighted by Crippen LogP contribution is -2.38. The van der Waals surface area contributed by atoms with Gasteiger partial charge in [-0.1, -0.05) is 0 Å². The second-order valence-electron chi connectivity index (χ2n) is 8.39. The first-order chi connectivity index (χ1) is 15.5. The van der Waals surface area contributed by atoms with Crippen LogP contribution in [0.2, 0.25) is 0 Å². The van der Waals surface area contributed by atoms with Gasteiger partial charge in [-0.2, -0.15) is 0 Å². The molecule has 0 spiro atoms. The van der Waals surface area contributed by atoms with Crippen LogP contribution in [0.25, 0.3) is 0 Å². The highest BCUT2D eigenvalue weighted by atomic mass is 16.3. The fourth-order valence-corrected chi connectivity index (χ4v) is 4.00. The molecule has 176 valence electrons. The molecule has 0 aliphatic carbocycles. The number of rotatable bonds is 4. The molecule has 8 nitrogen and oxygen atoms in total. The van der Waals surface area contributed by atoms with Crippen molar-refractivity contribution in [2.24, 2.45) is 0 Å². The van der Waals surface area contributed by atoms with E-state index in [0.717, 1.165) is 76.3 Å². The van der Waals surface area contributed by atoms with Gasteiger partial charge in [-0.25, -0.2) is 0 Å². The Kier molecular flexibility index (Phi) is 9.43. The predicted octanol–water partition coefficient (Wildman–Crippen LogP) is 1.79. The van der Waals surface area contributed by atoms with Gasteiger partial charge in [0.1, 0.15) is 23.0 Å². The summed E-state index contributed by atoms with van der Waals surface area (Å²) in [6.45, 7) is 8.18. The summed E-state index contributed by atoms with van der Waals surface area (Å²) in [5.41, 5.74) is 1.48. The molecule has 0 aromatic heterocycles. The van der Waals surface area contributed by atoms with Crippen molar-refractivity contribution in [3.63, 3.8) is 0 Å². The monoisotopic (exact) mass is 444 g/mol.